The van der Waals surface area contributed by atoms with Crippen LogP contribution in [-0.4, -0.2) is 10.9 Å². The van der Waals surface area contributed by atoms with E-state index in [1.165, 1.54) is 5.56 Å². The topological polar surface area (TPSA) is 68.0 Å². The van der Waals surface area contributed by atoms with Crippen molar-refractivity contribution in [2.24, 2.45) is 0 Å². The van der Waals surface area contributed by atoms with E-state index in [9.17, 15) is 4.79 Å². The fourth-order valence-electron chi connectivity index (χ4n) is 2.93. The van der Waals surface area contributed by atoms with E-state index in [4.69, 9.17) is 5.73 Å². The van der Waals surface area contributed by atoms with Crippen LogP contribution in [0.25, 0.3) is 10.9 Å². The summed E-state index contributed by atoms with van der Waals surface area (Å²) in [6.45, 7) is 0. The molecule has 0 radical (unpaired) electrons. The number of hydrogen-bond donors (Lipinski definition) is 2. The molecule has 4 heteroatoms. The van der Waals surface area contributed by atoms with E-state index in [1.807, 2.05) is 30.3 Å². The van der Waals surface area contributed by atoms with Crippen molar-refractivity contribution in [3.8, 4) is 0 Å². The van der Waals surface area contributed by atoms with Crippen molar-refractivity contribution in [2.45, 2.75) is 32.1 Å². The third kappa shape index (κ3) is 4.57. The molecule has 3 aromatic rings. The van der Waals surface area contributed by atoms with E-state index in [0.29, 0.717) is 17.8 Å². The van der Waals surface area contributed by atoms with Crippen molar-refractivity contribution in [2.75, 3.05) is 11.1 Å². The van der Waals surface area contributed by atoms with Crippen molar-refractivity contribution >= 4 is 28.2 Å². The van der Waals surface area contributed by atoms with Gasteiger partial charge in [-0.2, -0.15) is 0 Å². The van der Waals surface area contributed by atoms with E-state index < -0.39 is 0 Å². The van der Waals surface area contributed by atoms with Gasteiger partial charge in [0.15, 0.2) is 0 Å². The van der Waals surface area contributed by atoms with Crippen molar-refractivity contribution < 1.29 is 4.79 Å². The lowest BCUT2D eigenvalue weighted by atomic mass is 10.1. The highest BCUT2D eigenvalue weighted by Crippen LogP contribution is 2.27. The molecule has 25 heavy (non-hydrogen) atoms. The number of carbonyl (C=O) groups is 1. The largest absolute Gasteiger partial charge is 0.396 e. The number of hydrogen-bond acceptors (Lipinski definition) is 3. The first-order valence-electron chi connectivity index (χ1n) is 8.71. The van der Waals surface area contributed by atoms with Gasteiger partial charge in [-0.3, -0.25) is 9.78 Å². The number of rotatable bonds is 7. The highest BCUT2D eigenvalue weighted by molar-refractivity contribution is 6.05. The number of nitrogen functional groups attached to an aromatic ring is 1. The van der Waals surface area contributed by atoms with Crippen molar-refractivity contribution in [3.05, 3.63) is 66.4 Å². The van der Waals surface area contributed by atoms with Crippen LogP contribution in [0, 0.1) is 0 Å². The van der Waals surface area contributed by atoms with Crippen molar-refractivity contribution in [3.63, 3.8) is 0 Å². The summed E-state index contributed by atoms with van der Waals surface area (Å²) in [4.78, 5) is 16.5. The van der Waals surface area contributed by atoms with Crippen LogP contribution in [0.15, 0.2) is 60.8 Å². The average Bonchev–Trinajstić information content (AvgIpc) is 2.65. The summed E-state index contributed by atoms with van der Waals surface area (Å²) in [6.07, 6.45) is 6.17. The predicted octanol–water partition coefficient (Wildman–Crippen LogP) is 4.56. The van der Waals surface area contributed by atoms with Gasteiger partial charge >= 0.3 is 0 Å². The number of carbonyl (C=O) groups excluding carboxylic acids is 1. The molecule has 4 nitrogen and oxygen atoms in total. The molecule has 3 rings (SSSR count). The molecular formula is C21H23N3O. The molecule has 0 atom stereocenters. The van der Waals surface area contributed by atoms with Gasteiger partial charge in [0.25, 0.3) is 0 Å². The summed E-state index contributed by atoms with van der Waals surface area (Å²) in [5.41, 5.74) is 9.34. The number of benzene rings is 2. The zero-order chi connectivity index (χ0) is 17.5. The summed E-state index contributed by atoms with van der Waals surface area (Å²) < 4.78 is 0. The molecule has 0 unspecified atom stereocenters. The van der Waals surface area contributed by atoms with Crippen LogP contribution in [0.5, 0.6) is 0 Å². The number of aryl methyl sites for hydroxylation is 1. The number of pyridine rings is 1. The van der Waals surface area contributed by atoms with E-state index in [1.54, 1.807) is 6.20 Å². The number of aromatic nitrogens is 1. The molecule has 0 aliphatic carbocycles. The molecule has 3 N–H and O–H groups in total. The Kier molecular flexibility index (Phi) is 5.62. The van der Waals surface area contributed by atoms with E-state index in [-0.39, 0.29) is 5.91 Å². The SMILES string of the molecule is Nc1cnc2ccccc2c1NC(=O)CCCCCc1ccccc1. The first-order valence-corrected chi connectivity index (χ1v) is 8.71. The monoisotopic (exact) mass is 333 g/mol. The highest BCUT2D eigenvalue weighted by atomic mass is 16.1. The van der Waals surface area contributed by atoms with Crippen LogP contribution in [0.4, 0.5) is 11.4 Å². The molecule has 0 aliphatic rings. The minimum absolute atomic E-state index is 0.00256. The first kappa shape index (κ1) is 17.0. The molecule has 1 heterocycles. The molecule has 0 spiro atoms. The average molecular weight is 333 g/mol. The quantitative estimate of drug-likeness (QED) is 0.623. The Labute approximate surface area is 148 Å². The van der Waals surface area contributed by atoms with Gasteiger partial charge in [-0.1, -0.05) is 55.0 Å². The van der Waals surface area contributed by atoms with Gasteiger partial charge in [0.2, 0.25) is 5.91 Å². The maximum absolute atomic E-state index is 12.3. The van der Waals surface area contributed by atoms with E-state index >= 15 is 0 Å². The number of para-hydroxylation sites is 1. The Hall–Kier alpha value is -2.88. The Morgan fingerprint density at radius 2 is 1.72 bits per heavy atom. The van der Waals surface area contributed by atoms with Crippen molar-refractivity contribution in [1.82, 2.24) is 4.98 Å². The number of amides is 1. The maximum Gasteiger partial charge on any atom is 0.224 e. The molecule has 0 bridgehead atoms. The lowest BCUT2D eigenvalue weighted by Gasteiger charge is -2.11. The fraction of sp³-hybridized carbons (Fsp3) is 0.238. The Bertz CT molecular complexity index is 846. The van der Waals surface area contributed by atoms with Crippen molar-refractivity contribution in [1.29, 1.82) is 0 Å². The molecule has 0 saturated carbocycles. The third-order valence-electron chi connectivity index (χ3n) is 4.28. The number of nitrogens with two attached hydrogens (primary N) is 1. The summed E-state index contributed by atoms with van der Waals surface area (Å²) in [5, 5.41) is 3.83. The molecule has 1 amide bonds. The number of nitrogens with one attached hydrogen (secondary N) is 1. The fourth-order valence-corrected chi connectivity index (χ4v) is 2.93. The molecule has 128 valence electrons. The number of nitrogens with zero attached hydrogens (tertiary/aromatic N) is 1. The van der Waals surface area contributed by atoms with Gasteiger partial charge in [-0.15, -0.1) is 0 Å². The normalized spacial score (nSPS) is 10.7. The zero-order valence-electron chi connectivity index (χ0n) is 14.2. The summed E-state index contributed by atoms with van der Waals surface area (Å²) in [5.74, 6) is 0.00256. The smallest absolute Gasteiger partial charge is 0.224 e. The molecular weight excluding hydrogens is 310 g/mol. The molecule has 0 saturated heterocycles. The first-order chi connectivity index (χ1) is 12.2. The molecule has 1 aromatic heterocycles. The standard InChI is InChI=1S/C21H23N3O/c22-18-15-23-19-13-8-7-12-17(19)21(18)24-20(25)14-6-2-5-11-16-9-3-1-4-10-16/h1,3-4,7-10,12-13,15H,2,5-6,11,14,22H2,(H,23,24,25). The van der Waals surface area contributed by atoms with Crippen LogP contribution in [0.2, 0.25) is 0 Å². The summed E-state index contributed by atoms with van der Waals surface area (Å²) >= 11 is 0. The van der Waals surface area contributed by atoms with Gasteiger partial charge in [0.1, 0.15) is 0 Å². The van der Waals surface area contributed by atoms with Gasteiger partial charge in [-0.05, 0) is 30.9 Å². The van der Waals surface area contributed by atoms with Crippen LogP contribution >= 0.6 is 0 Å². The molecule has 2 aromatic carbocycles. The van der Waals surface area contributed by atoms with Gasteiger partial charge in [0.05, 0.1) is 23.1 Å². The Balaban J connectivity index is 1.49. The lowest BCUT2D eigenvalue weighted by Crippen LogP contribution is -2.13. The van der Waals surface area contributed by atoms with E-state index in [2.05, 4.69) is 34.6 Å². The lowest BCUT2D eigenvalue weighted by molar-refractivity contribution is -0.116. The minimum atomic E-state index is 0.00256. The second-order valence-corrected chi connectivity index (χ2v) is 6.20. The number of anilines is 2. The summed E-state index contributed by atoms with van der Waals surface area (Å²) in [6, 6.07) is 18.1. The van der Waals surface area contributed by atoms with Crippen LogP contribution in [0.1, 0.15) is 31.2 Å². The van der Waals surface area contributed by atoms with Crippen LogP contribution in [-0.2, 0) is 11.2 Å². The second kappa shape index (κ2) is 8.29. The van der Waals surface area contributed by atoms with Gasteiger partial charge in [-0.25, -0.2) is 0 Å². The Morgan fingerprint density at radius 1 is 0.960 bits per heavy atom. The Morgan fingerprint density at radius 3 is 2.56 bits per heavy atom. The maximum atomic E-state index is 12.3. The van der Waals surface area contributed by atoms with E-state index in [0.717, 1.165) is 36.6 Å². The van der Waals surface area contributed by atoms with Gasteiger partial charge in [0, 0.05) is 11.8 Å². The second-order valence-electron chi connectivity index (χ2n) is 6.20. The number of unbranched alkanes of at least 4 members (excludes halogenated alkanes) is 2. The third-order valence-corrected chi connectivity index (χ3v) is 4.28. The molecule has 0 aliphatic heterocycles. The minimum Gasteiger partial charge on any atom is -0.396 e. The predicted molar refractivity (Wildman–Crippen MR) is 103 cm³/mol. The molecule has 0 fully saturated rings. The number of fused-ring (bicyclic) bond motifs is 1. The van der Waals surface area contributed by atoms with Gasteiger partial charge < -0.3 is 11.1 Å². The van der Waals surface area contributed by atoms with Crippen LogP contribution in [0.3, 0.4) is 0 Å². The van der Waals surface area contributed by atoms with Crippen LogP contribution < -0.4 is 11.1 Å². The highest BCUT2D eigenvalue weighted by Gasteiger charge is 2.09. The summed E-state index contributed by atoms with van der Waals surface area (Å²) in [7, 11) is 0. The zero-order valence-corrected chi connectivity index (χ0v) is 14.2.